The van der Waals surface area contributed by atoms with Gasteiger partial charge in [0.25, 0.3) is 5.56 Å². The van der Waals surface area contributed by atoms with Gasteiger partial charge in [-0.1, -0.05) is 0 Å². The molecule has 0 aliphatic heterocycles. The SMILES string of the molecule is Cc1cc2c3c4cccnc4oc(=O)c3n(Cc3cc4c(=O)n(C(=O)OC(C)(C)C)c(C)nc4cc3F)c2cc1F. The van der Waals surface area contributed by atoms with Crippen molar-refractivity contribution in [1.29, 1.82) is 0 Å². The van der Waals surface area contributed by atoms with Crippen molar-refractivity contribution in [3.63, 3.8) is 0 Å². The van der Waals surface area contributed by atoms with E-state index in [-0.39, 0.29) is 40.1 Å². The monoisotopic (exact) mass is 558 g/mol. The highest BCUT2D eigenvalue weighted by atomic mass is 19.1. The van der Waals surface area contributed by atoms with Crippen molar-refractivity contribution in [1.82, 2.24) is 19.1 Å². The molecular formula is C30H24F2N4O5. The molecule has 0 bridgehead atoms. The molecule has 6 aromatic rings. The van der Waals surface area contributed by atoms with Gasteiger partial charge in [-0.15, -0.1) is 0 Å². The molecule has 6 rings (SSSR count). The summed E-state index contributed by atoms with van der Waals surface area (Å²) >= 11 is 0. The summed E-state index contributed by atoms with van der Waals surface area (Å²) in [4.78, 5) is 47.8. The largest absolute Gasteiger partial charge is 0.443 e. The Morgan fingerprint density at radius 1 is 1.02 bits per heavy atom. The van der Waals surface area contributed by atoms with Crippen molar-refractivity contribution < 1.29 is 22.7 Å². The third-order valence-electron chi connectivity index (χ3n) is 6.88. The highest BCUT2D eigenvalue weighted by molar-refractivity contribution is 6.18. The van der Waals surface area contributed by atoms with Gasteiger partial charge in [0.1, 0.15) is 28.6 Å². The second-order valence-corrected chi connectivity index (χ2v) is 10.9. The first kappa shape index (κ1) is 26.3. The van der Waals surface area contributed by atoms with Crippen LogP contribution in [-0.2, 0) is 11.3 Å². The van der Waals surface area contributed by atoms with Crippen LogP contribution in [0.25, 0.3) is 43.8 Å². The average Bonchev–Trinajstić information content (AvgIpc) is 3.18. The van der Waals surface area contributed by atoms with Crippen molar-refractivity contribution in [2.75, 3.05) is 0 Å². The first-order chi connectivity index (χ1) is 19.3. The van der Waals surface area contributed by atoms with Gasteiger partial charge in [0, 0.05) is 34.0 Å². The van der Waals surface area contributed by atoms with Crippen LogP contribution < -0.4 is 11.2 Å². The first-order valence-electron chi connectivity index (χ1n) is 12.8. The predicted molar refractivity (Wildman–Crippen MR) is 149 cm³/mol. The fraction of sp³-hybridized carbons (Fsp3) is 0.233. The van der Waals surface area contributed by atoms with Gasteiger partial charge in [-0.3, -0.25) is 4.79 Å². The topological polar surface area (TPSA) is 109 Å². The van der Waals surface area contributed by atoms with Crippen LogP contribution in [0.2, 0.25) is 0 Å². The fourth-order valence-corrected chi connectivity index (χ4v) is 5.10. The number of hydrogen-bond acceptors (Lipinski definition) is 7. The maximum absolute atomic E-state index is 15.5. The molecule has 0 aliphatic carbocycles. The minimum Gasteiger partial charge on any atom is -0.443 e. The Bertz CT molecular complexity index is 2210. The lowest BCUT2D eigenvalue weighted by molar-refractivity contribution is 0.0526. The van der Waals surface area contributed by atoms with Crippen LogP contribution in [-0.4, -0.2) is 30.8 Å². The van der Waals surface area contributed by atoms with Crippen molar-refractivity contribution in [2.24, 2.45) is 0 Å². The molecule has 11 heteroatoms. The standard InChI is InChI=1S/C30H24F2N4O5/c1-14-9-19-23(12-20(14)31)35(25-24(19)17-7-6-8-33-26(17)40-28(25)38)13-16-10-18-22(11-21(16)32)34-15(2)36(27(18)37)29(39)41-30(3,4)5/h6-12H,13H2,1-5H3. The van der Waals surface area contributed by atoms with E-state index in [0.29, 0.717) is 27.2 Å². The minimum atomic E-state index is -0.911. The number of carbonyl (C=O) groups is 1. The van der Waals surface area contributed by atoms with E-state index < -0.39 is 34.5 Å². The van der Waals surface area contributed by atoms with Crippen LogP contribution in [0.3, 0.4) is 0 Å². The summed E-state index contributed by atoms with van der Waals surface area (Å²) in [7, 11) is 0. The van der Waals surface area contributed by atoms with Crippen molar-refractivity contribution >= 4 is 49.9 Å². The Hall–Kier alpha value is -4.93. The third kappa shape index (κ3) is 4.24. The zero-order valence-electron chi connectivity index (χ0n) is 22.8. The van der Waals surface area contributed by atoms with E-state index in [1.807, 2.05) is 0 Å². The zero-order chi connectivity index (χ0) is 29.4. The highest BCUT2D eigenvalue weighted by Gasteiger charge is 2.24. The lowest BCUT2D eigenvalue weighted by atomic mass is 10.1. The number of hydrogen-bond donors (Lipinski definition) is 0. The molecule has 2 aromatic carbocycles. The molecule has 0 atom stereocenters. The number of nitrogens with zero attached hydrogens (tertiary/aromatic N) is 4. The molecule has 4 aromatic heterocycles. The summed E-state index contributed by atoms with van der Waals surface area (Å²) in [6, 6.07) is 8.71. The third-order valence-corrected chi connectivity index (χ3v) is 6.88. The number of halogens is 2. The van der Waals surface area contributed by atoms with Gasteiger partial charge >= 0.3 is 11.7 Å². The molecule has 208 valence electrons. The van der Waals surface area contributed by atoms with E-state index in [2.05, 4.69) is 9.97 Å². The molecule has 0 saturated heterocycles. The van der Waals surface area contributed by atoms with Crippen LogP contribution >= 0.6 is 0 Å². The zero-order valence-corrected chi connectivity index (χ0v) is 22.8. The quantitative estimate of drug-likeness (QED) is 0.267. The maximum atomic E-state index is 15.5. The average molecular weight is 559 g/mol. The summed E-state index contributed by atoms with van der Waals surface area (Å²) in [5.74, 6) is -1.17. The lowest BCUT2D eigenvalue weighted by Gasteiger charge is -2.20. The van der Waals surface area contributed by atoms with Crippen molar-refractivity contribution in [3.05, 3.63) is 92.0 Å². The normalized spacial score (nSPS) is 12.2. The predicted octanol–water partition coefficient (Wildman–Crippen LogP) is 5.73. The van der Waals surface area contributed by atoms with Crippen molar-refractivity contribution in [2.45, 2.75) is 46.8 Å². The Morgan fingerprint density at radius 2 is 1.78 bits per heavy atom. The molecule has 41 heavy (non-hydrogen) atoms. The van der Waals surface area contributed by atoms with Crippen LogP contribution in [0.4, 0.5) is 13.6 Å². The van der Waals surface area contributed by atoms with Crippen LogP contribution in [0, 0.1) is 25.5 Å². The van der Waals surface area contributed by atoms with Crippen LogP contribution in [0.5, 0.6) is 0 Å². The van der Waals surface area contributed by atoms with E-state index in [1.165, 1.54) is 29.8 Å². The van der Waals surface area contributed by atoms with Gasteiger partial charge in [-0.05, 0) is 70.5 Å². The Kier molecular flexibility index (Phi) is 5.81. The molecule has 0 fully saturated rings. The number of carbonyl (C=O) groups excluding carboxylic acids is 1. The molecule has 0 spiro atoms. The number of aromatic nitrogens is 4. The van der Waals surface area contributed by atoms with Gasteiger partial charge in [-0.25, -0.2) is 28.3 Å². The summed E-state index contributed by atoms with van der Waals surface area (Å²) in [6.45, 7) is 7.80. The molecule has 0 aliphatic rings. The Labute approximate surface area is 230 Å². The molecule has 4 heterocycles. The van der Waals surface area contributed by atoms with E-state index in [0.717, 1.165) is 10.6 Å². The molecule has 0 saturated carbocycles. The number of benzene rings is 2. The number of aryl methyl sites for hydroxylation is 2. The number of pyridine rings is 1. The smallest absolute Gasteiger partial charge is 0.422 e. The maximum Gasteiger partial charge on any atom is 0.422 e. The van der Waals surface area contributed by atoms with E-state index >= 15 is 4.39 Å². The van der Waals surface area contributed by atoms with Gasteiger partial charge in [0.15, 0.2) is 0 Å². The number of ether oxygens (including phenoxy) is 1. The molecule has 0 amide bonds. The Balaban J connectivity index is 1.61. The summed E-state index contributed by atoms with van der Waals surface area (Å²) in [5, 5.41) is 1.57. The van der Waals surface area contributed by atoms with Crippen LogP contribution in [0.15, 0.2) is 56.6 Å². The van der Waals surface area contributed by atoms with Gasteiger partial charge in [0.05, 0.1) is 23.0 Å². The molecular weight excluding hydrogens is 534 g/mol. The van der Waals surface area contributed by atoms with Crippen molar-refractivity contribution in [3.8, 4) is 0 Å². The summed E-state index contributed by atoms with van der Waals surface area (Å²) in [5.41, 5.74) is -1.35. The van der Waals surface area contributed by atoms with Gasteiger partial charge in [0.2, 0.25) is 5.71 Å². The van der Waals surface area contributed by atoms with Crippen LogP contribution in [0.1, 0.15) is 37.7 Å². The summed E-state index contributed by atoms with van der Waals surface area (Å²) in [6.07, 6.45) is 0.581. The fourth-order valence-electron chi connectivity index (χ4n) is 5.10. The second-order valence-electron chi connectivity index (χ2n) is 10.9. The molecule has 9 nitrogen and oxygen atoms in total. The van der Waals surface area contributed by atoms with Gasteiger partial charge in [-0.2, -0.15) is 4.57 Å². The van der Waals surface area contributed by atoms with E-state index in [1.54, 1.807) is 45.9 Å². The number of rotatable bonds is 2. The summed E-state index contributed by atoms with van der Waals surface area (Å²) < 4.78 is 43.4. The molecule has 0 radical (unpaired) electrons. The molecule has 0 unspecified atom stereocenters. The Morgan fingerprint density at radius 3 is 2.51 bits per heavy atom. The minimum absolute atomic E-state index is 0.0152. The number of fused-ring (bicyclic) bond motifs is 6. The van der Waals surface area contributed by atoms with E-state index in [4.69, 9.17) is 9.15 Å². The first-order valence-corrected chi connectivity index (χ1v) is 12.8. The lowest BCUT2D eigenvalue weighted by Crippen LogP contribution is -2.35. The second kappa shape index (κ2) is 9.05. The highest BCUT2D eigenvalue weighted by Crippen LogP contribution is 2.34. The molecule has 0 N–H and O–H groups in total. The van der Waals surface area contributed by atoms with E-state index in [9.17, 15) is 18.8 Å². The van der Waals surface area contributed by atoms with Gasteiger partial charge < -0.3 is 13.7 Å².